The van der Waals surface area contributed by atoms with E-state index in [9.17, 15) is 19.2 Å². The summed E-state index contributed by atoms with van der Waals surface area (Å²) < 4.78 is 21.1. The topological polar surface area (TPSA) is 153 Å². The molecule has 4 aromatic carbocycles. The SMILES string of the molecule is CC(COC(=O)c1ccc(OC(=O)c2ccc(C#N)cc2)cc1)OC(=O)c1ccc(OC(=O)c2ccc(C#N)cc2)cc1. The largest absolute Gasteiger partial charge is 0.458 e. The maximum Gasteiger partial charge on any atom is 0.343 e. The second-order valence-corrected chi connectivity index (χ2v) is 9.02. The average Bonchev–Trinajstić information content (AvgIpc) is 3.04. The fourth-order valence-electron chi connectivity index (χ4n) is 3.57. The fourth-order valence-corrected chi connectivity index (χ4v) is 3.57. The van der Waals surface area contributed by atoms with Gasteiger partial charge in [0.25, 0.3) is 0 Å². The first-order chi connectivity index (χ1) is 20.7. The summed E-state index contributed by atoms with van der Waals surface area (Å²) >= 11 is 0. The van der Waals surface area contributed by atoms with E-state index in [-0.39, 0.29) is 40.4 Å². The van der Waals surface area contributed by atoms with E-state index in [1.54, 1.807) is 6.92 Å². The molecule has 10 heteroatoms. The van der Waals surface area contributed by atoms with Crippen LogP contribution in [0.25, 0.3) is 0 Å². The normalized spacial score (nSPS) is 10.8. The number of carbonyl (C=O) groups is 4. The van der Waals surface area contributed by atoms with Crippen LogP contribution in [-0.4, -0.2) is 36.6 Å². The molecule has 0 saturated heterocycles. The molecule has 0 radical (unpaired) electrons. The van der Waals surface area contributed by atoms with E-state index in [2.05, 4.69) is 0 Å². The van der Waals surface area contributed by atoms with Gasteiger partial charge in [0.05, 0.1) is 45.5 Å². The minimum absolute atomic E-state index is 0.197. The second-order valence-electron chi connectivity index (χ2n) is 9.02. The quantitative estimate of drug-likeness (QED) is 0.191. The molecule has 4 aromatic rings. The molecule has 0 aliphatic carbocycles. The first-order valence-corrected chi connectivity index (χ1v) is 12.8. The Morgan fingerprint density at radius 1 is 0.558 bits per heavy atom. The lowest BCUT2D eigenvalue weighted by atomic mass is 10.1. The number of carbonyl (C=O) groups excluding carboxylic acids is 4. The van der Waals surface area contributed by atoms with Crippen LogP contribution in [0.4, 0.5) is 0 Å². The number of nitrogens with zero attached hydrogens (tertiary/aromatic N) is 2. The highest BCUT2D eigenvalue weighted by Crippen LogP contribution is 2.18. The monoisotopic (exact) mass is 574 g/mol. The van der Waals surface area contributed by atoms with Crippen molar-refractivity contribution in [1.82, 2.24) is 0 Å². The molecule has 1 atom stereocenters. The van der Waals surface area contributed by atoms with Crippen molar-refractivity contribution in [2.45, 2.75) is 13.0 Å². The molecule has 0 saturated carbocycles. The maximum atomic E-state index is 12.5. The van der Waals surface area contributed by atoms with Gasteiger partial charge in [0.15, 0.2) is 0 Å². The third-order valence-electron chi connectivity index (χ3n) is 5.86. The van der Waals surface area contributed by atoms with E-state index in [1.807, 2.05) is 12.1 Å². The Balaban J connectivity index is 1.22. The molecular weight excluding hydrogens is 552 g/mol. The molecule has 1 unspecified atom stereocenters. The van der Waals surface area contributed by atoms with Crippen LogP contribution in [0.3, 0.4) is 0 Å². The van der Waals surface area contributed by atoms with Crippen molar-refractivity contribution in [3.63, 3.8) is 0 Å². The fraction of sp³-hybridized carbons (Fsp3) is 0.0909. The van der Waals surface area contributed by atoms with Crippen LogP contribution in [0.2, 0.25) is 0 Å². The van der Waals surface area contributed by atoms with Crippen LogP contribution >= 0.6 is 0 Å². The summed E-state index contributed by atoms with van der Waals surface area (Å²) in [4.78, 5) is 49.5. The second kappa shape index (κ2) is 13.9. The van der Waals surface area contributed by atoms with Gasteiger partial charge in [-0.15, -0.1) is 0 Å². The lowest BCUT2D eigenvalue weighted by Gasteiger charge is -2.14. The highest BCUT2D eigenvalue weighted by molar-refractivity contribution is 5.93. The van der Waals surface area contributed by atoms with Gasteiger partial charge in [-0.25, -0.2) is 19.2 Å². The molecule has 0 aliphatic rings. The molecule has 0 N–H and O–H groups in total. The van der Waals surface area contributed by atoms with E-state index in [0.717, 1.165) is 0 Å². The lowest BCUT2D eigenvalue weighted by molar-refractivity contribution is 0.00447. The Morgan fingerprint density at radius 3 is 1.30 bits per heavy atom. The van der Waals surface area contributed by atoms with Crippen LogP contribution < -0.4 is 9.47 Å². The van der Waals surface area contributed by atoms with E-state index in [1.165, 1.54) is 97.1 Å². The number of hydrogen-bond donors (Lipinski definition) is 0. The molecule has 0 bridgehead atoms. The number of ether oxygens (including phenoxy) is 4. The Hall–Kier alpha value is -6.26. The van der Waals surface area contributed by atoms with Crippen molar-refractivity contribution < 1.29 is 38.1 Å². The summed E-state index contributed by atoms with van der Waals surface area (Å²) in [5.74, 6) is -2.14. The number of nitriles is 2. The molecule has 4 rings (SSSR count). The van der Waals surface area contributed by atoms with Crippen molar-refractivity contribution in [1.29, 1.82) is 10.5 Å². The predicted molar refractivity (Wildman–Crippen MR) is 150 cm³/mol. The summed E-state index contributed by atoms with van der Waals surface area (Å²) in [6, 6.07) is 27.3. The van der Waals surface area contributed by atoms with Crippen molar-refractivity contribution in [3.05, 3.63) is 130 Å². The van der Waals surface area contributed by atoms with Gasteiger partial charge in [-0.1, -0.05) is 0 Å². The molecule has 0 amide bonds. The van der Waals surface area contributed by atoms with E-state index >= 15 is 0 Å². The Bertz CT molecular complexity index is 1720. The summed E-state index contributed by atoms with van der Waals surface area (Å²) in [7, 11) is 0. The first kappa shape index (κ1) is 29.7. The molecule has 0 aromatic heterocycles. The molecular formula is C33H22N2O8. The van der Waals surface area contributed by atoms with Crippen LogP contribution in [0, 0.1) is 22.7 Å². The summed E-state index contributed by atoms with van der Waals surface area (Å²) in [6.45, 7) is 1.35. The number of esters is 4. The van der Waals surface area contributed by atoms with Gasteiger partial charge in [-0.3, -0.25) is 0 Å². The minimum atomic E-state index is -0.766. The molecule has 212 valence electrons. The minimum Gasteiger partial charge on any atom is -0.458 e. The van der Waals surface area contributed by atoms with Crippen LogP contribution in [0.5, 0.6) is 11.5 Å². The van der Waals surface area contributed by atoms with Gasteiger partial charge >= 0.3 is 23.9 Å². The Kier molecular flexibility index (Phi) is 9.59. The predicted octanol–water partition coefficient (Wildman–Crippen LogP) is 5.27. The summed E-state index contributed by atoms with van der Waals surface area (Å²) in [5, 5.41) is 17.7. The van der Waals surface area contributed by atoms with Crippen molar-refractivity contribution in [3.8, 4) is 23.6 Å². The first-order valence-electron chi connectivity index (χ1n) is 12.8. The standard InChI is InChI=1S/C33H22N2O8/c1-21(41-31(37)27-12-16-29(17-13-27)43-33(39)26-8-4-23(19-35)5-9-26)20-40-30(36)24-10-14-28(15-11-24)42-32(38)25-6-2-22(18-34)3-7-25/h2-17,21H,20H2,1H3. The van der Waals surface area contributed by atoms with Crippen LogP contribution in [-0.2, 0) is 9.47 Å². The van der Waals surface area contributed by atoms with E-state index < -0.39 is 30.0 Å². The van der Waals surface area contributed by atoms with Crippen molar-refractivity contribution >= 4 is 23.9 Å². The zero-order valence-corrected chi connectivity index (χ0v) is 22.7. The summed E-state index contributed by atoms with van der Waals surface area (Å²) in [6.07, 6.45) is -0.766. The Morgan fingerprint density at radius 2 is 0.907 bits per heavy atom. The highest BCUT2D eigenvalue weighted by atomic mass is 16.6. The average molecular weight is 575 g/mol. The zero-order chi connectivity index (χ0) is 30.8. The molecule has 0 aliphatic heterocycles. The zero-order valence-electron chi connectivity index (χ0n) is 22.7. The number of hydrogen-bond acceptors (Lipinski definition) is 10. The highest BCUT2D eigenvalue weighted by Gasteiger charge is 2.17. The molecule has 43 heavy (non-hydrogen) atoms. The van der Waals surface area contributed by atoms with E-state index in [4.69, 9.17) is 29.5 Å². The van der Waals surface area contributed by atoms with Gasteiger partial charge in [0.1, 0.15) is 24.2 Å². The van der Waals surface area contributed by atoms with Crippen molar-refractivity contribution in [2.75, 3.05) is 6.61 Å². The molecule has 0 fully saturated rings. The lowest BCUT2D eigenvalue weighted by Crippen LogP contribution is -2.22. The third-order valence-corrected chi connectivity index (χ3v) is 5.86. The number of rotatable bonds is 9. The van der Waals surface area contributed by atoms with Gasteiger partial charge in [0.2, 0.25) is 0 Å². The molecule has 0 heterocycles. The van der Waals surface area contributed by atoms with Gasteiger partial charge in [-0.2, -0.15) is 10.5 Å². The van der Waals surface area contributed by atoms with Gasteiger partial charge in [-0.05, 0) is 104 Å². The third kappa shape index (κ3) is 8.13. The molecule has 0 spiro atoms. The van der Waals surface area contributed by atoms with E-state index in [0.29, 0.717) is 11.1 Å². The Labute approximate surface area is 246 Å². The summed E-state index contributed by atoms with van der Waals surface area (Å²) in [5.41, 5.74) is 1.76. The smallest absolute Gasteiger partial charge is 0.343 e. The maximum absolute atomic E-state index is 12.5. The molecule has 10 nitrogen and oxygen atoms in total. The van der Waals surface area contributed by atoms with Crippen LogP contribution in [0.15, 0.2) is 97.1 Å². The van der Waals surface area contributed by atoms with Crippen LogP contribution in [0.1, 0.15) is 59.5 Å². The number of benzene rings is 4. The van der Waals surface area contributed by atoms with Gasteiger partial charge < -0.3 is 18.9 Å². The van der Waals surface area contributed by atoms with Crippen molar-refractivity contribution in [2.24, 2.45) is 0 Å². The van der Waals surface area contributed by atoms with Gasteiger partial charge in [0, 0.05) is 0 Å².